The van der Waals surface area contributed by atoms with Gasteiger partial charge in [0.15, 0.2) is 12.4 Å². The van der Waals surface area contributed by atoms with Gasteiger partial charge in [-0.3, -0.25) is 20.2 Å². The van der Waals surface area contributed by atoms with Crippen LogP contribution in [-0.2, 0) is 9.53 Å². The van der Waals surface area contributed by atoms with E-state index in [4.69, 9.17) is 9.47 Å². The van der Waals surface area contributed by atoms with E-state index in [1.165, 1.54) is 35.1 Å². The molecule has 0 unspecified atom stereocenters. The van der Waals surface area contributed by atoms with Crippen molar-refractivity contribution in [3.8, 4) is 11.4 Å². The third-order valence-corrected chi connectivity index (χ3v) is 4.94. The molecule has 2 aromatic carbocycles. The summed E-state index contributed by atoms with van der Waals surface area (Å²) in [6.07, 6.45) is 1.33. The number of benzene rings is 2. The quantitative estimate of drug-likeness (QED) is 0.282. The first-order valence-electron chi connectivity index (χ1n) is 10.5. The van der Waals surface area contributed by atoms with Gasteiger partial charge in [-0.15, -0.1) is 0 Å². The number of carbonyl (C=O) groups is 3. The van der Waals surface area contributed by atoms with Crippen LogP contribution in [0, 0.1) is 24.0 Å². The lowest BCUT2D eigenvalue weighted by molar-refractivity contribution is -0.384. The second kappa shape index (κ2) is 10.9. The Balaban J connectivity index is 1.70. The number of aryl methyl sites for hydroxylation is 1. The number of carbonyl (C=O) groups excluding carboxylic acids is 3. The number of esters is 1. The number of nitro groups is 1. The SMILES string of the molecule is CCOC(=O)c1nn(-c2ccc([N+](=O)[O-])cc2)cc1OCC(=O)NC(=O)Nc1cccc(C)c1C. The van der Waals surface area contributed by atoms with E-state index in [0.29, 0.717) is 11.4 Å². The molecule has 0 aliphatic rings. The van der Waals surface area contributed by atoms with Crippen molar-refractivity contribution in [3.63, 3.8) is 0 Å². The maximum Gasteiger partial charge on any atom is 0.362 e. The van der Waals surface area contributed by atoms with E-state index < -0.39 is 29.4 Å². The van der Waals surface area contributed by atoms with E-state index in [-0.39, 0.29) is 23.7 Å². The first kappa shape index (κ1) is 24.9. The number of rotatable bonds is 8. The Hall–Kier alpha value is -4.74. The summed E-state index contributed by atoms with van der Waals surface area (Å²) in [5.41, 5.74) is 2.51. The number of nitrogens with one attached hydrogen (secondary N) is 2. The summed E-state index contributed by atoms with van der Waals surface area (Å²) in [6.45, 7) is 4.86. The Bertz CT molecular complexity index is 1270. The molecule has 0 saturated carbocycles. The molecule has 0 aliphatic heterocycles. The van der Waals surface area contributed by atoms with E-state index in [9.17, 15) is 24.5 Å². The lowest BCUT2D eigenvalue weighted by atomic mass is 10.1. The Kier molecular flexibility index (Phi) is 7.77. The summed E-state index contributed by atoms with van der Waals surface area (Å²) >= 11 is 0. The van der Waals surface area contributed by atoms with Gasteiger partial charge in [0.2, 0.25) is 5.69 Å². The van der Waals surface area contributed by atoms with Crippen LogP contribution in [-0.4, -0.2) is 45.8 Å². The summed E-state index contributed by atoms with van der Waals surface area (Å²) in [5, 5.41) is 19.7. The Morgan fingerprint density at radius 3 is 2.49 bits per heavy atom. The van der Waals surface area contributed by atoms with Crippen LogP contribution >= 0.6 is 0 Å². The third kappa shape index (κ3) is 6.19. The summed E-state index contributed by atoms with van der Waals surface area (Å²) in [6, 6.07) is 10.1. The van der Waals surface area contributed by atoms with E-state index in [2.05, 4.69) is 15.7 Å². The molecule has 12 heteroatoms. The van der Waals surface area contributed by atoms with Crippen molar-refractivity contribution in [2.24, 2.45) is 0 Å². The molecule has 0 bridgehead atoms. The molecule has 3 rings (SSSR count). The van der Waals surface area contributed by atoms with E-state index in [1.807, 2.05) is 19.9 Å². The Morgan fingerprint density at radius 2 is 1.83 bits per heavy atom. The van der Waals surface area contributed by atoms with Crippen molar-refractivity contribution >= 4 is 29.3 Å². The number of imide groups is 1. The minimum Gasteiger partial charge on any atom is -0.480 e. The zero-order chi connectivity index (χ0) is 25.5. The van der Waals surface area contributed by atoms with Gasteiger partial charge in [-0.05, 0) is 50.1 Å². The third-order valence-electron chi connectivity index (χ3n) is 4.94. The minimum absolute atomic E-state index is 0.0631. The van der Waals surface area contributed by atoms with Gasteiger partial charge in [0.25, 0.3) is 11.6 Å². The zero-order valence-corrected chi connectivity index (χ0v) is 19.2. The van der Waals surface area contributed by atoms with Gasteiger partial charge in [0.05, 0.1) is 23.4 Å². The van der Waals surface area contributed by atoms with E-state index >= 15 is 0 Å². The fourth-order valence-corrected chi connectivity index (χ4v) is 3.01. The number of amides is 3. The molecule has 182 valence electrons. The largest absolute Gasteiger partial charge is 0.480 e. The molecule has 0 radical (unpaired) electrons. The molecule has 1 aromatic heterocycles. The number of nitrogens with zero attached hydrogens (tertiary/aromatic N) is 3. The van der Waals surface area contributed by atoms with E-state index in [0.717, 1.165) is 11.1 Å². The van der Waals surface area contributed by atoms with Crippen molar-refractivity contribution < 1.29 is 28.8 Å². The molecule has 0 atom stereocenters. The number of nitro benzene ring substituents is 1. The van der Waals surface area contributed by atoms with Crippen LogP contribution in [0.1, 0.15) is 28.5 Å². The van der Waals surface area contributed by atoms with Crippen LogP contribution < -0.4 is 15.4 Å². The Morgan fingerprint density at radius 1 is 1.11 bits per heavy atom. The van der Waals surface area contributed by atoms with Crippen LogP contribution in [0.5, 0.6) is 5.75 Å². The van der Waals surface area contributed by atoms with Crippen LogP contribution in [0.25, 0.3) is 5.69 Å². The summed E-state index contributed by atoms with van der Waals surface area (Å²) in [7, 11) is 0. The lowest BCUT2D eigenvalue weighted by Crippen LogP contribution is -2.37. The molecular weight excluding hydrogens is 458 g/mol. The number of hydrogen-bond acceptors (Lipinski definition) is 8. The molecule has 1 heterocycles. The second-order valence-corrected chi connectivity index (χ2v) is 7.32. The number of non-ortho nitro benzene ring substituents is 1. The van der Waals surface area contributed by atoms with Gasteiger partial charge in [-0.2, -0.15) is 5.10 Å². The minimum atomic E-state index is -0.781. The smallest absolute Gasteiger partial charge is 0.362 e. The van der Waals surface area contributed by atoms with Gasteiger partial charge in [0, 0.05) is 17.8 Å². The highest BCUT2D eigenvalue weighted by Gasteiger charge is 2.22. The highest BCUT2D eigenvalue weighted by atomic mass is 16.6. The van der Waals surface area contributed by atoms with Gasteiger partial charge in [-0.25, -0.2) is 14.3 Å². The maximum absolute atomic E-state index is 12.3. The zero-order valence-electron chi connectivity index (χ0n) is 19.2. The van der Waals surface area contributed by atoms with Crippen LogP contribution in [0.2, 0.25) is 0 Å². The molecule has 0 saturated heterocycles. The lowest BCUT2D eigenvalue weighted by Gasteiger charge is -2.11. The first-order valence-corrected chi connectivity index (χ1v) is 10.5. The van der Waals surface area contributed by atoms with Crippen LogP contribution in [0.3, 0.4) is 0 Å². The summed E-state index contributed by atoms with van der Waals surface area (Å²) in [5.74, 6) is -1.60. The number of ether oxygens (including phenoxy) is 2. The van der Waals surface area contributed by atoms with Crippen molar-refractivity contribution in [2.75, 3.05) is 18.5 Å². The predicted molar refractivity (Wildman–Crippen MR) is 125 cm³/mol. The molecule has 0 spiro atoms. The van der Waals surface area contributed by atoms with Crippen LogP contribution in [0.15, 0.2) is 48.7 Å². The molecule has 3 amide bonds. The standard InChI is InChI=1S/C23H23N5O7/c1-4-34-22(30)21-19(12-27(26-21)16-8-10-17(11-9-16)28(32)33)35-13-20(29)25-23(31)24-18-7-5-6-14(2)15(18)3/h5-12H,4,13H2,1-3H3,(H2,24,25,29,31). The number of urea groups is 1. The fourth-order valence-electron chi connectivity index (χ4n) is 3.01. The van der Waals surface area contributed by atoms with Gasteiger partial charge >= 0.3 is 12.0 Å². The van der Waals surface area contributed by atoms with Crippen molar-refractivity contribution in [3.05, 3.63) is 75.6 Å². The van der Waals surface area contributed by atoms with Gasteiger partial charge in [-0.1, -0.05) is 12.1 Å². The van der Waals surface area contributed by atoms with Gasteiger partial charge < -0.3 is 14.8 Å². The molecule has 3 aromatic rings. The average Bonchev–Trinajstić information content (AvgIpc) is 3.25. The number of aromatic nitrogens is 2. The molecule has 2 N–H and O–H groups in total. The van der Waals surface area contributed by atoms with Gasteiger partial charge in [0.1, 0.15) is 0 Å². The van der Waals surface area contributed by atoms with E-state index in [1.54, 1.807) is 19.1 Å². The monoisotopic (exact) mass is 481 g/mol. The molecule has 0 fully saturated rings. The molecular formula is C23H23N5O7. The molecule has 35 heavy (non-hydrogen) atoms. The van der Waals surface area contributed by atoms with Crippen molar-refractivity contribution in [2.45, 2.75) is 20.8 Å². The highest BCUT2D eigenvalue weighted by Crippen LogP contribution is 2.22. The second-order valence-electron chi connectivity index (χ2n) is 7.32. The normalized spacial score (nSPS) is 10.4. The van der Waals surface area contributed by atoms with Crippen molar-refractivity contribution in [1.82, 2.24) is 15.1 Å². The number of anilines is 1. The molecule has 12 nitrogen and oxygen atoms in total. The Labute approximate surface area is 200 Å². The summed E-state index contributed by atoms with van der Waals surface area (Å²) < 4.78 is 11.7. The van der Waals surface area contributed by atoms with Crippen LogP contribution in [0.4, 0.5) is 16.2 Å². The summed E-state index contributed by atoms with van der Waals surface area (Å²) in [4.78, 5) is 47.1. The topological polar surface area (TPSA) is 155 Å². The first-order chi connectivity index (χ1) is 16.7. The average molecular weight is 481 g/mol. The highest BCUT2D eigenvalue weighted by molar-refractivity contribution is 6.02. The predicted octanol–water partition coefficient (Wildman–Crippen LogP) is 3.30. The fraction of sp³-hybridized carbons (Fsp3) is 0.217. The molecule has 0 aliphatic carbocycles. The number of hydrogen-bond donors (Lipinski definition) is 2. The van der Waals surface area contributed by atoms with Crippen molar-refractivity contribution in [1.29, 1.82) is 0 Å². The maximum atomic E-state index is 12.3.